The van der Waals surface area contributed by atoms with Crippen LogP contribution in [0.3, 0.4) is 0 Å². The average Bonchev–Trinajstić information content (AvgIpc) is 3.12. The summed E-state index contributed by atoms with van der Waals surface area (Å²) >= 11 is 0. The number of amides is 2. The van der Waals surface area contributed by atoms with Crippen molar-refractivity contribution >= 4 is 23.5 Å². The number of hydrogen-bond acceptors (Lipinski definition) is 4. The fraction of sp³-hybridized carbons (Fsp3) is 0.286. The smallest absolute Gasteiger partial charge is 0.405 e. The number of benzene rings is 1. The van der Waals surface area contributed by atoms with E-state index in [1.165, 1.54) is 0 Å². The molecule has 0 spiro atoms. The van der Waals surface area contributed by atoms with Gasteiger partial charge in [-0.15, -0.1) is 0 Å². The minimum Gasteiger partial charge on any atom is -0.465 e. The van der Waals surface area contributed by atoms with Gasteiger partial charge in [0.15, 0.2) is 0 Å². The SMILES string of the molecule is Cc1cn2c(N3CCN(C(=O)[C@H](NC(=O)O)c4ccccc4)CC3)cccc2n1. The highest BCUT2D eigenvalue weighted by atomic mass is 16.4. The summed E-state index contributed by atoms with van der Waals surface area (Å²) < 4.78 is 2.06. The molecule has 3 aromatic rings. The molecular formula is C21H23N5O3. The van der Waals surface area contributed by atoms with Crippen molar-refractivity contribution in [3.8, 4) is 0 Å². The van der Waals surface area contributed by atoms with Crippen LogP contribution in [0.4, 0.5) is 10.6 Å². The molecule has 0 aliphatic carbocycles. The number of carbonyl (C=O) groups is 2. The first-order valence-corrected chi connectivity index (χ1v) is 9.56. The number of piperazine rings is 1. The van der Waals surface area contributed by atoms with E-state index in [2.05, 4.69) is 19.6 Å². The molecule has 1 aromatic carbocycles. The van der Waals surface area contributed by atoms with E-state index >= 15 is 0 Å². The molecular weight excluding hydrogens is 370 g/mol. The third-order valence-corrected chi connectivity index (χ3v) is 5.15. The largest absolute Gasteiger partial charge is 0.465 e. The monoisotopic (exact) mass is 393 g/mol. The number of nitrogens with one attached hydrogen (secondary N) is 1. The highest BCUT2D eigenvalue weighted by Crippen LogP contribution is 2.21. The van der Waals surface area contributed by atoms with Gasteiger partial charge in [0, 0.05) is 32.4 Å². The van der Waals surface area contributed by atoms with Gasteiger partial charge < -0.3 is 20.2 Å². The zero-order chi connectivity index (χ0) is 20.4. The van der Waals surface area contributed by atoms with Crippen molar-refractivity contribution < 1.29 is 14.7 Å². The normalized spacial score (nSPS) is 15.3. The van der Waals surface area contributed by atoms with Gasteiger partial charge in [0.05, 0.1) is 5.69 Å². The number of fused-ring (bicyclic) bond motifs is 1. The second kappa shape index (κ2) is 7.83. The Kier molecular flexibility index (Phi) is 5.07. The molecule has 0 radical (unpaired) electrons. The van der Waals surface area contributed by atoms with Crippen molar-refractivity contribution in [3.05, 3.63) is 66.0 Å². The third kappa shape index (κ3) is 3.87. The minimum atomic E-state index is -1.21. The van der Waals surface area contributed by atoms with Gasteiger partial charge in [0.25, 0.3) is 0 Å². The van der Waals surface area contributed by atoms with Gasteiger partial charge in [-0.25, -0.2) is 9.78 Å². The van der Waals surface area contributed by atoms with Crippen LogP contribution in [0.25, 0.3) is 5.65 Å². The summed E-state index contributed by atoms with van der Waals surface area (Å²) in [6.07, 6.45) is 0.790. The highest BCUT2D eigenvalue weighted by molar-refractivity contribution is 5.86. The van der Waals surface area contributed by atoms with Crippen LogP contribution >= 0.6 is 0 Å². The lowest BCUT2D eigenvalue weighted by Crippen LogP contribution is -2.52. The van der Waals surface area contributed by atoms with Crippen LogP contribution < -0.4 is 10.2 Å². The van der Waals surface area contributed by atoms with Crippen LogP contribution in [0.2, 0.25) is 0 Å². The van der Waals surface area contributed by atoms with Crippen molar-refractivity contribution in [1.29, 1.82) is 0 Å². The van der Waals surface area contributed by atoms with Gasteiger partial charge in [-0.05, 0) is 24.6 Å². The number of pyridine rings is 1. The summed E-state index contributed by atoms with van der Waals surface area (Å²) in [6.45, 7) is 4.33. The van der Waals surface area contributed by atoms with E-state index in [-0.39, 0.29) is 5.91 Å². The van der Waals surface area contributed by atoms with Crippen LogP contribution in [0.1, 0.15) is 17.3 Å². The molecule has 8 heteroatoms. The molecule has 0 bridgehead atoms. The first-order valence-electron chi connectivity index (χ1n) is 9.56. The van der Waals surface area contributed by atoms with Crippen molar-refractivity contribution in [3.63, 3.8) is 0 Å². The summed E-state index contributed by atoms with van der Waals surface area (Å²) in [7, 11) is 0. The van der Waals surface area contributed by atoms with Crippen molar-refractivity contribution in [1.82, 2.24) is 19.6 Å². The fourth-order valence-corrected chi connectivity index (χ4v) is 3.77. The number of anilines is 1. The molecule has 0 saturated carbocycles. The molecule has 2 N–H and O–H groups in total. The number of nitrogens with zero attached hydrogens (tertiary/aromatic N) is 4. The van der Waals surface area contributed by atoms with E-state index in [9.17, 15) is 14.7 Å². The number of rotatable bonds is 4. The summed E-state index contributed by atoms with van der Waals surface area (Å²) in [5.74, 6) is 0.813. The van der Waals surface area contributed by atoms with E-state index in [0.29, 0.717) is 31.7 Å². The highest BCUT2D eigenvalue weighted by Gasteiger charge is 2.30. The number of aryl methyl sites for hydroxylation is 1. The van der Waals surface area contributed by atoms with Crippen LogP contribution in [0, 0.1) is 6.92 Å². The fourth-order valence-electron chi connectivity index (χ4n) is 3.77. The Hall–Kier alpha value is -3.55. The molecule has 0 unspecified atom stereocenters. The van der Waals surface area contributed by atoms with E-state index in [4.69, 9.17) is 0 Å². The maximum absolute atomic E-state index is 13.1. The van der Waals surface area contributed by atoms with Gasteiger partial charge in [0.1, 0.15) is 17.5 Å². The summed E-state index contributed by atoms with van der Waals surface area (Å²) in [5.41, 5.74) is 2.49. The maximum Gasteiger partial charge on any atom is 0.405 e. The zero-order valence-electron chi connectivity index (χ0n) is 16.2. The van der Waals surface area contributed by atoms with Gasteiger partial charge in [-0.1, -0.05) is 36.4 Å². The van der Waals surface area contributed by atoms with Crippen LogP contribution in [0.5, 0.6) is 0 Å². The molecule has 1 aliphatic rings. The predicted octanol–water partition coefficient (Wildman–Crippen LogP) is 2.30. The second-order valence-corrected chi connectivity index (χ2v) is 7.10. The Balaban J connectivity index is 1.49. The van der Waals surface area contributed by atoms with Crippen LogP contribution in [-0.4, -0.2) is 57.6 Å². The first-order chi connectivity index (χ1) is 14.0. The summed E-state index contributed by atoms with van der Waals surface area (Å²) in [4.78, 5) is 32.7. The lowest BCUT2D eigenvalue weighted by atomic mass is 10.1. The van der Waals surface area contributed by atoms with Crippen LogP contribution in [0.15, 0.2) is 54.7 Å². The van der Waals surface area contributed by atoms with Crippen molar-refractivity contribution in [2.24, 2.45) is 0 Å². The number of carboxylic acid groups (broad SMARTS) is 1. The molecule has 29 heavy (non-hydrogen) atoms. The lowest BCUT2D eigenvalue weighted by Gasteiger charge is -2.37. The predicted molar refractivity (Wildman–Crippen MR) is 109 cm³/mol. The number of carbonyl (C=O) groups excluding carboxylic acids is 1. The molecule has 1 aliphatic heterocycles. The maximum atomic E-state index is 13.1. The molecule has 1 fully saturated rings. The standard InChI is InChI=1S/C21H23N5O3/c1-15-14-26-17(22-15)8-5-9-18(26)24-10-12-25(13-11-24)20(27)19(23-21(28)29)16-6-3-2-4-7-16/h2-9,14,19,23H,10-13H2,1H3,(H,28,29)/t19-/m1/s1. The van der Waals surface area contributed by atoms with E-state index < -0.39 is 12.1 Å². The number of imidazole rings is 1. The average molecular weight is 393 g/mol. The van der Waals surface area contributed by atoms with Crippen molar-refractivity contribution in [2.75, 3.05) is 31.1 Å². The molecule has 1 atom stereocenters. The molecule has 2 aromatic heterocycles. The number of aromatic nitrogens is 2. The Morgan fingerprint density at radius 2 is 1.76 bits per heavy atom. The Bertz CT molecular complexity index is 1030. The Morgan fingerprint density at radius 3 is 2.45 bits per heavy atom. The van der Waals surface area contributed by atoms with Crippen molar-refractivity contribution in [2.45, 2.75) is 13.0 Å². The summed E-state index contributed by atoms with van der Waals surface area (Å²) in [5, 5.41) is 11.5. The van der Waals surface area contributed by atoms with Gasteiger partial charge in [0.2, 0.25) is 5.91 Å². The van der Waals surface area contributed by atoms with Crippen LogP contribution in [-0.2, 0) is 4.79 Å². The van der Waals surface area contributed by atoms with Gasteiger partial charge in [-0.3, -0.25) is 9.20 Å². The third-order valence-electron chi connectivity index (χ3n) is 5.15. The Labute approximate surface area is 168 Å². The minimum absolute atomic E-state index is 0.227. The molecule has 2 amide bonds. The summed E-state index contributed by atoms with van der Waals surface area (Å²) in [6, 6.07) is 14.0. The quantitative estimate of drug-likeness (QED) is 0.710. The first kappa shape index (κ1) is 18.8. The Morgan fingerprint density at radius 1 is 1.03 bits per heavy atom. The molecule has 8 nitrogen and oxygen atoms in total. The molecule has 3 heterocycles. The molecule has 1 saturated heterocycles. The zero-order valence-corrected chi connectivity index (χ0v) is 16.2. The topological polar surface area (TPSA) is 90.2 Å². The second-order valence-electron chi connectivity index (χ2n) is 7.10. The molecule has 4 rings (SSSR count). The van der Waals surface area contributed by atoms with E-state index in [1.54, 1.807) is 29.2 Å². The van der Waals surface area contributed by atoms with E-state index in [0.717, 1.165) is 17.2 Å². The molecule has 150 valence electrons. The lowest BCUT2D eigenvalue weighted by molar-refractivity contribution is -0.133. The van der Waals surface area contributed by atoms with Gasteiger partial charge >= 0.3 is 6.09 Å². The van der Waals surface area contributed by atoms with Gasteiger partial charge in [-0.2, -0.15) is 0 Å². The number of hydrogen-bond donors (Lipinski definition) is 2. The van der Waals surface area contributed by atoms with E-state index in [1.807, 2.05) is 37.4 Å².